The maximum atomic E-state index is 12.5. The van der Waals surface area contributed by atoms with E-state index in [2.05, 4.69) is 13.8 Å². The lowest BCUT2D eigenvalue weighted by Gasteiger charge is -2.22. The second-order valence-electron chi connectivity index (χ2n) is 5.69. The van der Waals surface area contributed by atoms with Gasteiger partial charge in [0.05, 0.1) is 10.5 Å². The number of nitrogens with zero attached hydrogens (tertiary/aromatic N) is 1. The normalized spacial score (nSPS) is 24.3. The van der Waals surface area contributed by atoms with Crippen molar-refractivity contribution in [1.29, 1.82) is 0 Å². The van der Waals surface area contributed by atoms with Crippen LogP contribution in [-0.2, 0) is 6.42 Å². The largest absolute Gasteiger partial charge is 0.390 e. The summed E-state index contributed by atoms with van der Waals surface area (Å²) in [6.45, 7) is 7.48. The standard InChI is InChI=1S/C15H23NO2S/c1-4-12-10-13(19-11(12)2)14(17)16-8-5-6-15(3,18)7-9-16/h10,18H,4-9H2,1-3H3. The maximum absolute atomic E-state index is 12.5. The number of carbonyl (C=O) groups excluding carboxylic acids is 1. The van der Waals surface area contributed by atoms with Gasteiger partial charge in [-0.25, -0.2) is 0 Å². The third-order valence-corrected chi connectivity index (χ3v) is 5.04. The van der Waals surface area contributed by atoms with Crippen molar-refractivity contribution in [2.45, 2.75) is 52.1 Å². The topological polar surface area (TPSA) is 40.5 Å². The van der Waals surface area contributed by atoms with Crippen LogP contribution in [0.15, 0.2) is 6.07 Å². The molecule has 1 fully saturated rings. The lowest BCUT2D eigenvalue weighted by molar-refractivity contribution is 0.0438. The lowest BCUT2D eigenvalue weighted by Crippen LogP contribution is -2.33. The van der Waals surface area contributed by atoms with Crippen LogP contribution < -0.4 is 0 Å². The number of aryl methyl sites for hydroxylation is 2. The molecule has 1 saturated heterocycles. The Morgan fingerprint density at radius 2 is 2.21 bits per heavy atom. The van der Waals surface area contributed by atoms with Crippen LogP contribution in [-0.4, -0.2) is 34.6 Å². The van der Waals surface area contributed by atoms with E-state index in [1.165, 1.54) is 10.4 Å². The van der Waals surface area contributed by atoms with Crippen molar-refractivity contribution in [2.75, 3.05) is 13.1 Å². The summed E-state index contributed by atoms with van der Waals surface area (Å²) >= 11 is 1.59. The van der Waals surface area contributed by atoms with Gasteiger partial charge in [0.2, 0.25) is 0 Å². The highest BCUT2D eigenvalue weighted by atomic mass is 32.1. The Morgan fingerprint density at radius 1 is 1.47 bits per heavy atom. The minimum atomic E-state index is -0.616. The van der Waals surface area contributed by atoms with Gasteiger partial charge in [-0.05, 0) is 51.2 Å². The van der Waals surface area contributed by atoms with Crippen LogP contribution in [0.2, 0.25) is 0 Å². The summed E-state index contributed by atoms with van der Waals surface area (Å²) in [6.07, 6.45) is 3.30. The van der Waals surface area contributed by atoms with Crippen LogP contribution in [0.3, 0.4) is 0 Å². The Hall–Kier alpha value is -0.870. The minimum absolute atomic E-state index is 0.130. The Kier molecular flexibility index (Phi) is 4.31. The molecule has 2 heterocycles. The average Bonchev–Trinajstić information content (AvgIpc) is 2.63. The van der Waals surface area contributed by atoms with Crippen molar-refractivity contribution in [1.82, 2.24) is 4.90 Å². The van der Waals surface area contributed by atoms with E-state index < -0.39 is 5.60 Å². The van der Waals surface area contributed by atoms with E-state index in [9.17, 15) is 9.90 Å². The van der Waals surface area contributed by atoms with E-state index in [0.717, 1.165) is 30.7 Å². The molecule has 2 rings (SSSR count). The highest BCUT2D eigenvalue weighted by Gasteiger charge is 2.28. The van der Waals surface area contributed by atoms with Gasteiger partial charge < -0.3 is 10.0 Å². The van der Waals surface area contributed by atoms with E-state index in [1.54, 1.807) is 11.3 Å². The second-order valence-corrected chi connectivity index (χ2v) is 6.94. The van der Waals surface area contributed by atoms with Gasteiger partial charge in [-0.2, -0.15) is 0 Å². The smallest absolute Gasteiger partial charge is 0.263 e. The van der Waals surface area contributed by atoms with Gasteiger partial charge in [-0.3, -0.25) is 4.79 Å². The third kappa shape index (κ3) is 3.37. The molecule has 1 aliphatic heterocycles. The molecule has 1 amide bonds. The number of likely N-dealkylation sites (tertiary alicyclic amines) is 1. The first-order valence-electron chi connectivity index (χ1n) is 7.04. The monoisotopic (exact) mass is 281 g/mol. The van der Waals surface area contributed by atoms with Gasteiger partial charge >= 0.3 is 0 Å². The SMILES string of the molecule is CCc1cc(C(=O)N2CCCC(C)(O)CC2)sc1C. The molecule has 0 aliphatic carbocycles. The molecular weight excluding hydrogens is 258 g/mol. The summed E-state index contributed by atoms with van der Waals surface area (Å²) in [5, 5.41) is 10.1. The summed E-state index contributed by atoms with van der Waals surface area (Å²) in [4.78, 5) is 16.5. The molecule has 19 heavy (non-hydrogen) atoms. The average molecular weight is 281 g/mol. The van der Waals surface area contributed by atoms with E-state index in [0.29, 0.717) is 13.0 Å². The molecule has 1 atom stereocenters. The van der Waals surface area contributed by atoms with Gasteiger partial charge in [-0.1, -0.05) is 6.92 Å². The number of hydrogen-bond donors (Lipinski definition) is 1. The summed E-state index contributed by atoms with van der Waals surface area (Å²) in [7, 11) is 0. The Morgan fingerprint density at radius 3 is 2.84 bits per heavy atom. The second kappa shape index (κ2) is 5.63. The first-order valence-corrected chi connectivity index (χ1v) is 7.85. The molecule has 0 bridgehead atoms. The van der Waals surface area contributed by atoms with Crippen molar-refractivity contribution in [3.8, 4) is 0 Å². The van der Waals surface area contributed by atoms with Crippen molar-refractivity contribution in [2.24, 2.45) is 0 Å². The van der Waals surface area contributed by atoms with E-state index in [1.807, 2.05) is 17.9 Å². The van der Waals surface area contributed by atoms with Crippen molar-refractivity contribution >= 4 is 17.2 Å². The summed E-state index contributed by atoms with van der Waals surface area (Å²) in [5.41, 5.74) is 0.657. The molecule has 1 aliphatic rings. The fraction of sp³-hybridized carbons (Fsp3) is 0.667. The number of thiophene rings is 1. The van der Waals surface area contributed by atoms with Crippen molar-refractivity contribution in [3.63, 3.8) is 0 Å². The van der Waals surface area contributed by atoms with E-state index in [4.69, 9.17) is 0 Å². The predicted molar refractivity (Wildman–Crippen MR) is 78.8 cm³/mol. The van der Waals surface area contributed by atoms with Crippen molar-refractivity contribution < 1.29 is 9.90 Å². The molecule has 1 N–H and O–H groups in total. The van der Waals surface area contributed by atoms with Gasteiger partial charge in [0.25, 0.3) is 5.91 Å². The fourth-order valence-electron chi connectivity index (χ4n) is 2.60. The third-order valence-electron chi connectivity index (χ3n) is 3.96. The van der Waals surface area contributed by atoms with Crippen LogP contribution >= 0.6 is 11.3 Å². The van der Waals surface area contributed by atoms with E-state index >= 15 is 0 Å². The Balaban J connectivity index is 2.10. The van der Waals surface area contributed by atoms with Crippen LogP contribution in [0.5, 0.6) is 0 Å². The Bertz CT molecular complexity index is 465. The summed E-state index contributed by atoms with van der Waals surface area (Å²) < 4.78 is 0. The fourth-order valence-corrected chi connectivity index (χ4v) is 3.68. The Labute approximate surface area is 119 Å². The van der Waals surface area contributed by atoms with Gasteiger partial charge in [0.1, 0.15) is 0 Å². The number of rotatable bonds is 2. The lowest BCUT2D eigenvalue weighted by atomic mass is 9.98. The predicted octanol–water partition coefficient (Wildman–Crippen LogP) is 3.00. The molecule has 106 valence electrons. The van der Waals surface area contributed by atoms with Crippen molar-refractivity contribution in [3.05, 3.63) is 21.4 Å². The van der Waals surface area contributed by atoms with Crippen LogP contribution in [0.4, 0.5) is 0 Å². The molecule has 0 saturated carbocycles. The molecule has 0 spiro atoms. The molecule has 1 aromatic heterocycles. The minimum Gasteiger partial charge on any atom is -0.390 e. The highest BCUT2D eigenvalue weighted by Crippen LogP contribution is 2.26. The molecule has 0 radical (unpaired) electrons. The van der Waals surface area contributed by atoms with Crippen LogP contribution in [0.25, 0.3) is 0 Å². The van der Waals surface area contributed by atoms with E-state index in [-0.39, 0.29) is 5.91 Å². The highest BCUT2D eigenvalue weighted by molar-refractivity contribution is 7.14. The molecule has 1 unspecified atom stereocenters. The number of hydrogen-bond acceptors (Lipinski definition) is 3. The molecule has 4 heteroatoms. The quantitative estimate of drug-likeness (QED) is 0.905. The van der Waals surface area contributed by atoms with Gasteiger partial charge in [0.15, 0.2) is 0 Å². The van der Waals surface area contributed by atoms with Crippen LogP contribution in [0.1, 0.15) is 53.2 Å². The van der Waals surface area contributed by atoms with Gasteiger partial charge in [-0.15, -0.1) is 11.3 Å². The zero-order valence-electron chi connectivity index (χ0n) is 12.0. The number of carbonyl (C=O) groups is 1. The summed E-state index contributed by atoms with van der Waals surface area (Å²) in [6, 6.07) is 2.03. The zero-order chi connectivity index (χ0) is 14.0. The molecule has 3 nitrogen and oxygen atoms in total. The first kappa shape index (κ1) is 14.5. The zero-order valence-corrected chi connectivity index (χ0v) is 12.8. The first-order chi connectivity index (χ1) is 8.93. The molecular formula is C15H23NO2S. The number of amides is 1. The molecule has 1 aromatic rings. The van der Waals surface area contributed by atoms with Gasteiger partial charge in [0, 0.05) is 18.0 Å². The molecule has 0 aromatic carbocycles. The number of aliphatic hydroxyl groups is 1. The summed E-state index contributed by atoms with van der Waals surface area (Å²) in [5.74, 6) is 0.130. The van der Waals surface area contributed by atoms with Crippen LogP contribution in [0, 0.1) is 6.92 Å². The maximum Gasteiger partial charge on any atom is 0.263 e.